The zero-order valence-electron chi connectivity index (χ0n) is 18.1. The van der Waals surface area contributed by atoms with Gasteiger partial charge >= 0.3 is 18.4 Å². The number of halogens is 6. The lowest BCUT2D eigenvalue weighted by atomic mass is 9.89. The molecule has 1 aromatic rings. The highest BCUT2D eigenvalue weighted by atomic mass is 32.2. The van der Waals surface area contributed by atoms with Gasteiger partial charge in [0.2, 0.25) is 5.91 Å². The van der Waals surface area contributed by atoms with Crippen molar-refractivity contribution in [1.82, 2.24) is 10.6 Å². The van der Waals surface area contributed by atoms with Crippen LogP contribution in [-0.2, 0) is 10.4 Å². The highest BCUT2D eigenvalue weighted by Crippen LogP contribution is 2.50. The van der Waals surface area contributed by atoms with E-state index in [-0.39, 0.29) is 41.4 Å². The van der Waals surface area contributed by atoms with Gasteiger partial charge in [0.1, 0.15) is 0 Å². The molecule has 190 valence electrons. The lowest BCUT2D eigenvalue weighted by Crippen LogP contribution is -2.53. The Kier molecular flexibility index (Phi) is 7.66. The van der Waals surface area contributed by atoms with Gasteiger partial charge in [-0.15, -0.1) is 0 Å². The van der Waals surface area contributed by atoms with Gasteiger partial charge in [-0.25, -0.2) is 4.79 Å². The summed E-state index contributed by atoms with van der Waals surface area (Å²) in [7, 11) is 0. The standard InChI is InChI=1S/C21H25F6N3O3S/c1-2-11(17-16-14(10-34-17)29-18(32)30-16)4-3-5-15(31)28-13-8-6-12(7-9-13)19(33,20(22,23)24)21(25,26)27/h6-9,11,14,16-17,33H,2-5,10H2,1H3,(H,28,31)(H2,29,30,32). The van der Waals surface area contributed by atoms with Gasteiger partial charge in [0.05, 0.1) is 12.1 Å². The van der Waals surface area contributed by atoms with Crippen LogP contribution in [0.25, 0.3) is 0 Å². The fourth-order valence-corrected chi connectivity index (χ4v) is 6.17. The van der Waals surface area contributed by atoms with Crippen molar-refractivity contribution >= 4 is 29.4 Å². The SMILES string of the molecule is CCC(CCCC(=O)Nc1ccc(C(O)(C(F)(F)F)C(F)(F)F)cc1)C1SCC2NC(=O)NC21. The molecule has 0 radical (unpaired) electrons. The molecule has 13 heteroatoms. The van der Waals surface area contributed by atoms with Crippen molar-refractivity contribution in [3.63, 3.8) is 0 Å². The zero-order chi connectivity index (χ0) is 25.3. The van der Waals surface area contributed by atoms with E-state index in [1.165, 1.54) is 0 Å². The molecule has 0 bridgehead atoms. The van der Waals surface area contributed by atoms with E-state index in [0.717, 1.165) is 30.7 Å². The van der Waals surface area contributed by atoms with Gasteiger partial charge in [-0.1, -0.05) is 25.5 Å². The van der Waals surface area contributed by atoms with E-state index in [1.54, 1.807) is 11.8 Å². The predicted octanol–water partition coefficient (Wildman–Crippen LogP) is 4.30. The minimum Gasteiger partial charge on any atom is -0.369 e. The Morgan fingerprint density at radius 3 is 2.32 bits per heavy atom. The van der Waals surface area contributed by atoms with Crippen LogP contribution in [0, 0.1) is 5.92 Å². The second-order valence-corrected chi connectivity index (χ2v) is 9.65. The highest BCUT2D eigenvalue weighted by Gasteiger charge is 2.71. The molecule has 4 atom stereocenters. The van der Waals surface area contributed by atoms with Crippen LogP contribution < -0.4 is 16.0 Å². The van der Waals surface area contributed by atoms with Crippen LogP contribution in [0.4, 0.5) is 36.8 Å². The molecule has 0 aliphatic carbocycles. The van der Waals surface area contributed by atoms with Crippen molar-refractivity contribution in [3.05, 3.63) is 29.8 Å². The predicted molar refractivity (Wildman–Crippen MR) is 114 cm³/mol. The van der Waals surface area contributed by atoms with E-state index in [4.69, 9.17) is 0 Å². The molecule has 0 aromatic heterocycles. The van der Waals surface area contributed by atoms with Gasteiger partial charge in [0.25, 0.3) is 5.60 Å². The number of benzene rings is 1. The highest BCUT2D eigenvalue weighted by molar-refractivity contribution is 8.00. The number of rotatable bonds is 8. The Morgan fingerprint density at radius 1 is 1.15 bits per heavy atom. The van der Waals surface area contributed by atoms with Crippen LogP contribution in [0.1, 0.15) is 38.2 Å². The van der Waals surface area contributed by atoms with Crippen LogP contribution in [0.3, 0.4) is 0 Å². The Labute approximate surface area is 196 Å². The Morgan fingerprint density at radius 2 is 1.76 bits per heavy atom. The maximum Gasteiger partial charge on any atom is 0.430 e. The molecule has 2 aliphatic rings. The smallest absolute Gasteiger partial charge is 0.369 e. The Bertz CT molecular complexity index is 879. The van der Waals surface area contributed by atoms with Crippen molar-refractivity contribution in [2.45, 2.75) is 67.9 Å². The number of amides is 3. The first-order valence-electron chi connectivity index (χ1n) is 10.7. The normalized spacial score (nSPS) is 23.8. The van der Waals surface area contributed by atoms with Crippen molar-refractivity contribution in [2.24, 2.45) is 5.92 Å². The van der Waals surface area contributed by atoms with Gasteiger partial charge in [0, 0.05) is 28.7 Å². The van der Waals surface area contributed by atoms with Gasteiger partial charge in [-0.05, 0) is 30.9 Å². The largest absolute Gasteiger partial charge is 0.430 e. The number of fused-ring (bicyclic) bond motifs is 1. The van der Waals surface area contributed by atoms with Crippen LogP contribution in [0.2, 0.25) is 0 Å². The summed E-state index contributed by atoms with van der Waals surface area (Å²) in [6.07, 6.45) is -9.71. The Balaban J connectivity index is 1.54. The number of hydrogen-bond donors (Lipinski definition) is 4. The van der Waals surface area contributed by atoms with Gasteiger partial charge in [-0.2, -0.15) is 38.1 Å². The molecule has 0 spiro atoms. The summed E-state index contributed by atoms with van der Waals surface area (Å²) in [5.74, 6) is 0.658. The Hall–Kier alpha value is -2.15. The molecule has 34 heavy (non-hydrogen) atoms. The van der Waals surface area contributed by atoms with E-state index in [0.29, 0.717) is 18.6 Å². The molecule has 2 saturated heterocycles. The second-order valence-electron chi connectivity index (χ2n) is 8.44. The molecular weight excluding hydrogens is 488 g/mol. The van der Waals surface area contributed by atoms with Crippen molar-refractivity contribution in [2.75, 3.05) is 11.1 Å². The van der Waals surface area contributed by atoms with E-state index in [2.05, 4.69) is 16.0 Å². The molecule has 2 aliphatic heterocycles. The first kappa shape index (κ1) is 26.5. The number of carbonyl (C=O) groups is 2. The lowest BCUT2D eigenvalue weighted by molar-refractivity contribution is -0.376. The first-order chi connectivity index (χ1) is 15.8. The summed E-state index contributed by atoms with van der Waals surface area (Å²) in [5.41, 5.74) is -6.39. The average molecular weight is 514 g/mol. The molecule has 3 amide bonds. The molecule has 2 fully saturated rings. The quantitative estimate of drug-likeness (QED) is 0.308. The van der Waals surface area contributed by atoms with Crippen LogP contribution >= 0.6 is 11.8 Å². The number of hydrogen-bond acceptors (Lipinski definition) is 4. The number of anilines is 1. The van der Waals surface area contributed by atoms with Crippen LogP contribution in [-0.4, -0.2) is 52.5 Å². The fraction of sp³-hybridized carbons (Fsp3) is 0.619. The number of nitrogens with one attached hydrogen (secondary N) is 3. The number of aliphatic hydroxyl groups is 1. The molecule has 1 aromatic carbocycles. The van der Waals surface area contributed by atoms with E-state index in [9.17, 15) is 41.0 Å². The minimum atomic E-state index is -5.97. The molecular formula is C21H25F6N3O3S. The first-order valence-corrected chi connectivity index (χ1v) is 11.8. The molecule has 2 heterocycles. The monoisotopic (exact) mass is 513 g/mol. The fourth-order valence-electron chi connectivity index (χ4n) is 4.39. The summed E-state index contributed by atoms with van der Waals surface area (Å²) >= 11 is 1.78. The van der Waals surface area contributed by atoms with Gasteiger partial charge < -0.3 is 21.1 Å². The number of urea groups is 1. The molecule has 0 saturated carbocycles. The summed E-state index contributed by atoms with van der Waals surface area (Å²) < 4.78 is 77.8. The summed E-state index contributed by atoms with van der Waals surface area (Å²) in [6.45, 7) is 2.04. The molecule has 3 rings (SSSR count). The number of carbonyl (C=O) groups excluding carboxylic acids is 2. The molecule has 6 nitrogen and oxygen atoms in total. The summed E-state index contributed by atoms with van der Waals surface area (Å²) in [6, 6.07) is 2.70. The van der Waals surface area contributed by atoms with E-state index >= 15 is 0 Å². The topological polar surface area (TPSA) is 90.5 Å². The lowest BCUT2D eigenvalue weighted by Gasteiger charge is -2.32. The van der Waals surface area contributed by atoms with Crippen LogP contribution in [0.5, 0.6) is 0 Å². The molecule has 4 unspecified atom stereocenters. The van der Waals surface area contributed by atoms with E-state index in [1.807, 2.05) is 6.92 Å². The summed E-state index contributed by atoms with van der Waals surface area (Å²) in [5, 5.41) is 17.9. The van der Waals surface area contributed by atoms with Crippen molar-refractivity contribution in [3.8, 4) is 0 Å². The number of alkyl halides is 6. The molecule has 4 N–H and O–H groups in total. The van der Waals surface area contributed by atoms with Gasteiger partial charge in [-0.3, -0.25) is 4.79 Å². The van der Waals surface area contributed by atoms with Crippen molar-refractivity contribution in [1.29, 1.82) is 0 Å². The summed E-state index contributed by atoms with van der Waals surface area (Å²) in [4.78, 5) is 23.8. The van der Waals surface area contributed by atoms with Crippen molar-refractivity contribution < 1.29 is 41.0 Å². The van der Waals surface area contributed by atoms with Crippen LogP contribution in [0.15, 0.2) is 24.3 Å². The number of thioether (sulfide) groups is 1. The average Bonchev–Trinajstić information content (AvgIpc) is 3.29. The third kappa shape index (κ3) is 5.24. The maximum atomic E-state index is 13.0. The minimum absolute atomic E-state index is 0.0152. The zero-order valence-corrected chi connectivity index (χ0v) is 18.9. The third-order valence-electron chi connectivity index (χ3n) is 6.24. The third-order valence-corrected chi connectivity index (χ3v) is 7.86. The second kappa shape index (κ2) is 9.84. The van der Waals surface area contributed by atoms with E-state index < -0.39 is 29.4 Å². The van der Waals surface area contributed by atoms with Gasteiger partial charge in [0.15, 0.2) is 0 Å². The maximum absolute atomic E-state index is 13.0.